The summed E-state index contributed by atoms with van der Waals surface area (Å²) in [4.78, 5) is 1.38. The monoisotopic (exact) mass is 216 g/mol. The molecule has 0 saturated carbocycles. The summed E-state index contributed by atoms with van der Waals surface area (Å²) in [5, 5.41) is 2.10. The first-order valence-corrected chi connectivity index (χ1v) is 5.98. The van der Waals surface area contributed by atoms with Crippen molar-refractivity contribution in [3.05, 3.63) is 22.4 Å². The number of hydrogen-bond donors (Lipinski definition) is 0. The fourth-order valence-electron chi connectivity index (χ4n) is 1.78. The Morgan fingerprint density at radius 2 is 2.54 bits per heavy atom. The van der Waals surface area contributed by atoms with Crippen molar-refractivity contribution in [1.29, 1.82) is 0 Å². The van der Waals surface area contributed by atoms with E-state index >= 15 is 0 Å². The normalized spacial score (nSPS) is 28.1. The second-order valence-electron chi connectivity index (χ2n) is 3.52. The van der Waals surface area contributed by atoms with Gasteiger partial charge in [-0.05, 0) is 24.3 Å². The smallest absolute Gasteiger partial charge is 0.0866 e. The molecule has 1 saturated heterocycles. The Balaban J connectivity index is 2.06. The topological polar surface area (TPSA) is 9.23 Å². The van der Waals surface area contributed by atoms with E-state index in [1.165, 1.54) is 4.88 Å². The molecule has 2 heterocycles. The maximum atomic E-state index is 5.96. The Hall–Kier alpha value is -0.0500. The highest BCUT2D eigenvalue weighted by Crippen LogP contribution is 2.31. The van der Waals surface area contributed by atoms with Crippen LogP contribution in [0, 0.1) is 0 Å². The van der Waals surface area contributed by atoms with E-state index in [2.05, 4.69) is 17.5 Å². The fraction of sp³-hybridized carbons (Fsp3) is 0.600. The van der Waals surface area contributed by atoms with Crippen LogP contribution < -0.4 is 0 Å². The van der Waals surface area contributed by atoms with Crippen molar-refractivity contribution in [3.63, 3.8) is 0 Å². The minimum atomic E-state index is -0.0631. The zero-order valence-corrected chi connectivity index (χ0v) is 9.03. The molecule has 0 N–H and O–H groups in total. The van der Waals surface area contributed by atoms with Gasteiger partial charge in [0.15, 0.2) is 0 Å². The Morgan fingerprint density at radius 1 is 1.62 bits per heavy atom. The van der Waals surface area contributed by atoms with Crippen molar-refractivity contribution in [2.24, 2.45) is 0 Å². The lowest BCUT2D eigenvalue weighted by molar-refractivity contribution is 0.0244. The van der Waals surface area contributed by atoms with Crippen LogP contribution in [0.3, 0.4) is 0 Å². The third kappa shape index (κ3) is 2.06. The van der Waals surface area contributed by atoms with Gasteiger partial charge < -0.3 is 4.74 Å². The van der Waals surface area contributed by atoms with Gasteiger partial charge in [-0.3, -0.25) is 0 Å². The molecule has 1 unspecified atom stereocenters. The molecule has 2 rings (SSSR count). The average Bonchev–Trinajstić information content (AvgIpc) is 2.77. The van der Waals surface area contributed by atoms with Gasteiger partial charge in [-0.1, -0.05) is 6.07 Å². The zero-order valence-electron chi connectivity index (χ0n) is 7.46. The number of ether oxygens (including phenoxy) is 1. The van der Waals surface area contributed by atoms with E-state index in [1.807, 2.05) is 0 Å². The molecule has 3 heteroatoms. The summed E-state index contributed by atoms with van der Waals surface area (Å²) >= 11 is 7.75. The number of rotatable bonds is 3. The molecule has 0 aromatic carbocycles. The van der Waals surface area contributed by atoms with Crippen molar-refractivity contribution in [1.82, 2.24) is 0 Å². The van der Waals surface area contributed by atoms with E-state index in [0.717, 1.165) is 25.9 Å². The standard InChI is InChI=1S/C10H13ClOS/c11-8-10(4-2-5-12-10)7-9-3-1-6-13-9/h1,3,6H,2,4-5,7-8H2. The van der Waals surface area contributed by atoms with Crippen LogP contribution in [-0.4, -0.2) is 18.1 Å². The van der Waals surface area contributed by atoms with Crippen LogP contribution in [0.4, 0.5) is 0 Å². The zero-order chi connectivity index (χ0) is 9.15. The first kappa shape index (κ1) is 9.50. The maximum Gasteiger partial charge on any atom is 0.0866 e. The van der Waals surface area contributed by atoms with Crippen molar-refractivity contribution in [3.8, 4) is 0 Å². The van der Waals surface area contributed by atoms with Gasteiger partial charge in [-0.2, -0.15) is 0 Å². The summed E-state index contributed by atoms with van der Waals surface area (Å²) in [6, 6.07) is 4.23. The summed E-state index contributed by atoms with van der Waals surface area (Å²) < 4.78 is 5.74. The molecule has 1 aliphatic heterocycles. The highest BCUT2D eigenvalue weighted by molar-refractivity contribution is 7.09. The number of halogens is 1. The van der Waals surface area contributed by atoms with Crippen LogP contribution in [0.25, 0.3) is 0 Å². The summed E-state index contributed by atoms with van der Waals surface area (Å²) in [7, 11) is 0. The summed E-state index contributed by atoms with van der Waals surface area (Å²) in [5.74, 6) is 0.616. The van der Waals surface area contributed by atoms with E-state index in [4.69, 9.17) is 16.3 Å². The minimum Gasteiger partial charge on any atom is -0.373 e. The molecule has 72 valence electrons. The predicted molar refractivity (Wildman–Crippen MR) is 56.7 cm³/mol. The molecule has 1 aromatic rings. The molecular formula is C10H13ClOS. The van der Waals surface area contributed by atoms with Gasteiger partial charge in [0.25, 0.3) is 0 Å². The van der Waals surface area contributed by atoms with Gasteiger partial charge in [0.1, 0.15) is 0 Å². The van der Waals surface area contributed by atoms with Crippen LogP contribution in [-0.2, 0) is 11.2 Å². The van der Waals surface area contributed by atoms with E-state index < -0.39 is 0 Å². The van der Waals surface area contributed by atoms with E-state index in [-0.39, 0.29) is 5.60 Å². The van der Waals surface area contributed by atoms with Gasteiger partial charge in [0, 0.05) is 17.9 Å². The SMILES string of the molecule is ClCC1(Cc2cccs2)CCCO1. The highest BCUT2D eigenvalue weighted by Gasteiger charge is 2.34. The van der Waals surface area contributed by atoms with Gasteiger partial charge in [-0.25, -0.2) is 0 Å². The number of hydrogen-bond acceptors (Lipinski definition) is 2. The molecule has 1 nitrogen and oxygen atoms in total. The molecule has 1 aromatic heterocycles. The third-order valence-electron chi connectivity index (χ3n) is 2.51. The molecular weight excluding hydrogens is 204 g/mol. The van der Waals surface area contributed by atoms with Crippen molar-refractivity contribution >= 4 is 22.9 Å². The molecule has 1 atom stereocenters. The van der Waals surface area contributed by atoms with Crippen molar-refractivity contribution in [2.75, 3.05) is 12.5 Å². The van der Waals surface area contributed by atoms with Gasteiger partial charge >= 0.3 is 0 Å². The van der Waals surface area contributed by atoms with Crippen LogP contribution in [0.5, 0.6) is 0 Å². The molecule has 0 amide bonds. The maximum absolute atomic E-state index is 5.96. The van der Waals surface area contributed by atoms with Crippen molar-refractivity contribution in [2.45, 2.75) is 24.9 Å². The Bertz CT molecular complexity index is 252. The quantitative estimate of drug-likeness (QED) is 0.706. The Kier molecular flexibility index (Phi) is 2.92. The average molecular weight is 217 g/mol. The van der Waals surface area contributed by atoms with Crippen LogP contribution in [0.15, 0.2) is 17.5 Å². The van der Waals surface area contributed by atoms with Gasteiger partial charge in [-0.15, -0.1) is 22.9 Å². The first-order chi connectivity index (χ1) is 6.35. The molecule has 0 radical (unpaired) electrons. The van der Waals surface area contributed by atoms with E-state index in [9.17, 15) is 0 Å². The minimum absolute atomic E-state index is 0.0631. The highest BCUT2D eigenvalue weighted by atomic mass is 35.5. The summed E-state index contributed by atoms with van der Waals surface area (Å²) in [6.45, 7) is 0.873. The van der Waals surface area contributed by atoms with Gasteiger partial charge in [0.05, 0.1) is 11.5 Å². The fourth-order valence-corrected chi connectivity index (χ4v) is 2.92. The lowest BCUT2D eigenvalue weighted by Crippen LogP contribution is -2.32. The first-order valence-electron chi connectivity index (χ1n) is 4.57. The molecule has 1 fully saturated rings. The largest absolute Gasteiger partial charge is 0.373 e. The van der Waals surface area contributed by atoms with Crippen LogP contribution in [0.1, 0.15) is 17.7 Å². The molecule has 0 bridgehead atoms. The van der Waals surface area contributed by atoms with Crippen LogP contribution in [0.2, 0.25) is 0 Å². The second kappa shape index (κ2) is 3.99. The lowest BCUT2D eigenvalue weighted by Gasteiger charge is -2.24. The molecule has 1 aliphatic rings. The van der Waals surface area contributed by atoms with Gasteiger partial charge in [0.2, 0.25) is 0 Å². The number of thiophene rings is 1. The molecule has 0 aliphatic carbocycles. The molecule has 0 spiro atoms. The number of alkyl halides is 1. The summed E-state index contributed by atoms with van der Waals surface area (Å²) in [6.07, 6.45) is 3.24. The third-order valence-corrected chi connectivity index (χ3v) is 3.87. The van der Waals surface area contributed by atoms with E-state index in [0.29, 0.717) is 5.88 Å². The molecule has 13 heavy (non-hydrogen) atoms. The van der Waals surface area contributed by atoms with Crippen molar-refractivity contribution < 1.29 is 4.74 Å². The predicted octanol–water partition coefficient (Wildman–Crippen LogP) is 3.08. The summed E-state index contributed by atoms with van der Waals surface area (Å²) in [5.41, 5.74) is -0.0631. The van der Waals surface area contributed by atoms with E-state index in [1.54, 1.807) is 11.3 Å². The Morgan fingerprint density at radius 3 is 3.08 bits per heavy atom. The lowest BCUT2D eigenvalue weighted by atomic mass is 9.97. The second-order valence-corrected chi connectivity index (χ2v) is 4.82. The Labute approximate surface area is 87.7 Å². The van der Waals surface area contributed by atoms with Crippen LogP contribution >= 0.6 is 22.9 Å².